The van der Waals surface area contributed by atoms with Gasteiger partial charge in [-0.25, -0.2) is 4.98 Å². The quantitative estimate of drug-likeness (QED) is 0.733. The zero-order valence-electron chi connectivity index (χ0n) is 11.1. The summed E-state index contributed by atoms with van der Waals surface area (Å²) in [5.74, 6) is 1.90. The van der Waals surface area contributed by atoms with Crippen LogP contribution in [0.4, 0.5) is 0 Å². The van der Waals surface area contributed by atoms with Crippen LogP contribution in [0.15, 0.2) is 18.2 Å². The van der Waals surface area contributed by atoms with Crippen molar-refractivity contribution < 1.29 is 9.47 Å². The molecule has 4 heteroatoms. The highest BCUT2D eigenvalue weighted by atomic mass is 35.5. The van der Waals surface area contributed by atoms with Crippen LogP contribution in [0.25, 0.3) is 10.9 Å². The number of pyridine rings is 1. The lowest BCUT2D eigenvalue weighted by Crippen LogP contribution is -1.97. The van der Waals surface area contributed by atoms with Crippen LogP contribution in [-0.4, -0.2) is 18.2 Å². The third-order valence-corrected chi connectivity index (χ3v) is 3.59. The van der Waals surface area contributed by atoms with Crippen molar-refractivity contribution in [1.29, 1.82) is 0 Å². The molecule has 3 rings (SSSR count). The Morgan fingerprint density at radius 2 is 1.79 bits per heavy atom. The van der Waals surface area contributed by atoms with E-state index in [-0.39, 0.29) is 0 Å². The summed E-state index contributed by atoms with van der Waals surface area (Å²) in [6.45, 7) is 5.59. The SMILES string of the molecule is CC(C)c1cc2cc3c(cc2nc1Cl)OCCCO3. The van der Waals surface area contributed by atoms with Crippen LogP contribution in [-0.2, 0) is 0 Å². The summed E-state index contributed by atoms with van der Waals surface area (Å²) in [5, 5.41) is 1.61. The normalized spacial score (nSPS) is 14.7. The number of rotatable bonds is 1. The highest BCUT2D eigenvalue weighted by Crippen LogP contribution is 2.35. The molecule has 1 aliphatic heterocycles. The van der Waals surface area contributed by atoms with Crippen LogP contribution in [0.2, 0.25) is 5.15 Å². The van der Waals surface area contributed by atoms with Crippen LogP contribution >= 0.6 is 11.6 Å². The minimum Gasteiger partial charge on any atom is -0.490 e. The van der Waals surface area contributed by atoms with Gasteiger partial charge in [0.05, 0.1) is 18.7 Å². The molecule has 0 radical (unpaired) electrons. The summed E-state index contributed by atoms with van der Waals surface area (Å²) in [4.78, 5) is 4.47. The molecule has 0 saturated carbocycles. The van der Waals surface area contributed by atoms with Crippen molar-refractivity contribution >= 4 is 22.5 Å². The first-order valence-corrected chi connectivity index (χ1v) is 6.93. The molecule has 0 N–H and O–H groups in total. The number of fused-ring (bicyclic) bond motifs is 2. The molecule has 100 valence electrons. The van der Waals surface area contributed by atoms with Gasteiger partial charge in [-0.15, -0.1) is 0 Å². The first-order valence-electron chi connectivity index (χ1n) is 6.55. The lowest BCUT2D eigenvalue weighted by Gasteiger charge is -2.12. The Labute approximate surface area is 117 Å². The molecule has 19 heavy (non-hydrogen) atoms. The first kappa shape index (κ1) is 12.5. The van der Waals surface area contributed by atoms with Crippen LogP contribution in [0.5, 0.6) is 11.5 Å². The predicted octanol–water partition coefficient (Wildman–Crippen LogP) is 4.17. The standard InChI is InChI=1S/C15H16ClNO2/c1-9(2)11-6-10-7-13-14(19-5-3-4-18-13)8-12(10)17-15(11)16/h6-9H,3-5H2,1-2H3. The molecule has 1 aromatic heterocycles. The molecule has 3 nitrogen and oxygen atoms in total. The Morgan fingerprint density at radius 1 is 1.11 bits per heavy atom. The van der Waals surface area contributed by atoms with E-state index in [0.29, 0.717) is 24.3 Å². The summed E-state index contributed by atoms with van der Waals surface area (Å²) >= 11 is 6.23. The Balaban J connectivity index is 2.18. The Kier molecular flexibility index (Phi) is 3.23. The first-order chi connectivity index (χ1) is 9.15. The van der Waals surface area contributed by atoms with Gasteiger partial charge >= 0.3 is 0 Å². The molecule has 0 fully saturated rings. The summed E-state index contributed by atoms with van der Waals surface area (Å²) < 4.78 is 11.4. The minimum absolute atomic E-state index is 0.348. The number of nitrogens with zero attached hydrogens (tertiary/aromatic N) is 1. The van der Waals surface area contributed by atoms with Gasteiger partial charge in [-0.1, -0.05) is 25.4 Å². The van der Waals surface area contributed by atoms with Crippen molar-refractivity contribution in [3.63, 3.8) is 0 Å². The maximum Gasteiger partial charge on any atom is 0.163 e. The second-order valence-electron chi connectivity index (χ2n) is 5.07. The lowest BCUT2D eigenvalue weighted by molar-refractivity contribution is 0.297. The predicted molar refractivity (Wildman–Crippen MR) is 76.4 cm³/mol. The largest absolute Gasteiger partial charge is 0.490 e. The molecular weight excluding hydrogens is 262 g/mol. The molecule has 0 saturated heterocycles. The summed E-state index contributed by atoms with van der Waals surface area (Å²) in [6, 6.07) is 5.99. The van der Waals surface area contributed by atoms with Gasteiger partial charge in [0, 0.05) is 17.9 Å². The summed E-state index contributed by atoms with van der Waals surface area (Å²) in [5.41, 5.74) is 1.90. The number of hydrogen-bond donors (Lipinski definition) is 0. The van der Waals surface area contributed by atoms with E-state index in [9.17, 15) is 0 Å². The van der Waals surface area contributed by atoms with Gasteiger partial charge in [0.1, 0.15) is 5.15 Å². The molecule has 0 aliphatic carbocycles. The molecule has 0 amide bonds. The molecule has 0 spiro atoms. The van der Waals surface area contributed by atoms with Gasteiger partial charge < -0.3 is 9.47 Å². The maximum atomic E-state index is 6.23. The monoisotopic (exact) mass is 277 g/mol. The molecule has 1 aromatic carbocycles. The van der Waals surface area contributed by atoms with E-state index in [1.54, 1.807) is 0 Å². The van der Waals surface area contributed by atoms with Crippen molar-refractivity contribution in [3.8, 4) is 11.5 Å². The van der Waals surface area contributed by atoms with Crippen LogP contribution in [0.3, 0.4) is 0 Å². The smallest absolute Gasteiger partial charge is 0.163 e. The minimum atomic E-state index is 0.348. The van der Waals surface area contributed by atoms with Gasteiger partial charge in [-0.05, 0) is 23.6 Å². The molecular formula is C15H16ClNO2. The Hall–Kier alpha value is -1.48. The van der Waals surface area contributed by atoms with E-state index in [1.165, 1.54) is 0 Å². The van der Waals surface area contributed by atoms with E-state index in [4.69, 9.17) is 21.1 Å². The number of benzene rings is 1. The fraction of sp³-hybridized carbons (Fsp3) is 0.400. The molecule has 2 heterocycles. The molecule has 1 aliphatic rings. The molecule has 0 atom stereocenters. The Morgan fingerprint density at radius 3 is 2.47 bits per heavy atom. The number of ether oxygens (including phenoxy) is 2. The van der Waals surface area contributed by atoms with Crippen LogP contribution in [0, 0.1) is 0 Å². The van der Waals surface area contributed by atoms with E-state index < -0.39 is 0 Å². The second-order valence-corrected chi connectivity index (χ2v) is 5.42. The van der Waals surface area contributed by atoms with Crippen molar-refractivity contribution in [2.24, 2.45) is 0 Å². The third-order valence-electron chi connectivity index (χ3n) is 3.29. The molecule has 0 bridgehead atoms. The highest BCUT2D eigenvalue weighted by Gasteiger charge is 2.14. The van der Waals surface area contributed by atoms with Gasteiger partial charge in [-0.3, -0.25) is 0 Å². The van der Waals surface area contributed by atoms with E-state index >= 15 is 0 Å². The van der Waals surface area contributed by atoms with Gasteiger partial charge in [0.2, 0.25) is 0 Å². The van der Waals surface area contributed by atoms with E-state index in [1.807, 2.05) is 12.1 Å². The summed E-state index contributed by atoms with van der Waals surface area (Å²) in [7, 11) is 0. The molecule has 0 unspecified atom stereocenters. The van der Waals surface area contributed by atoms with Crippen molar-refractivity contribution in [1.82, 2.24) is 4.98 Å². The van der Waals surface area contributed by atoms with Crippen molar-refractivity contribution in [3.05, 3.63) is 28.9 Å². The fourth-order valence-electron chi connectivity index (χ4n) is 2.23. The van der Waals surface area contributed by atoms with Gasteiger partial charge in [0.15, 0.2) is 11.5 Å². The zero-order chi connectivity index (χ0) is 13.4. The summed E-state index contributed by atoms with van der Waals surface area (Å²) in [6.07, 6.45) is 0.899. The number of halogens is 1. The van der Waals surface area contributed by atoms with Gasteiger partial charge in [0.25, 0.3) is 0 Å². The van der Waals surface area contributed by atoms with Gasteiger partial charge in [-0.2, -0.15) is 0 Å². The van der Waals surface area contributed by atoms with E-state index in [2.05, 4.69) is 24.9 Å². The van der Waals surface area contributed by atoms with Crippen molar-refractivity contribution in [2.75, 3.05) is 13.2 Å². The highest BCUT2D eigenvalue weighted by molar-refractivity contribution is 6.30. The third kappa shape index (κ3) is 2.35. The number of hydrogen-bond acceptors (Lipinski definition) is 3. The average molecular weight is 278 g/mol. The van der Waals surface area contributed by atoms with Crippen LogP contribution < -0.4 is 9.47 Å². The topological polar surface area (TPSA) is 31.4 Å². The molecule has 2 aromatic rings. The maximum absolute atomic E-state index is 6.23. The number of aromatic nitrogens is 1. The lowest BCUT2D eigenvalue weighted by atomic mass is 10.0. The van der Waals surface area contributed by atoms with E-state index in [0.717, 1.165) is 34.4 Å². The second kappa shape index (κ2) is 4.89. The average Bonchev–Trinajstić information content (AvgIpc) is 2.59. The van der Waals surface area contributed by atoms with Crippen LogP contribution in [0.1, 0.15) is 31.7 Å². The Bertz CT molecular complexity index is 625. The zero-order valence-corrected chi connectivity index (χ0v) is 11.8. The van der Waals surface area contributed by atoms with Crippen molar-refractivity contribution in [2.45, 2.75) is 26.2 Å². The fourth-order valence-corrected chi connectivity index (χ4v) is 2.59.